The molecule has 1 atom stereocenters. The van der Waals surface area contributed by atoms with Crippen molar-refractivity contribution in [2.75, 3.05) is 0 Å². The van der Waals surface area contributed by atoms with Gasteiger partial charge in [-0.05, 0) is 35.1 Å². The lowest BCUT2D eigenvalue weighted by Crippen LogP contribution is -2.10. The average Bonchev–Trinajstić information content (AvgIpc) is 2.46. The monoisotopic (exact) mass is 286 g/mol. The summed E-state index contributed by atoms with van der Waals surface area (Å²) < 4.78 is 0. The molecule has 1 heteroatoms. The van der Waals surface area contributed by atoms with E-state index < -0.39 is 0 Å². The van der Waals surface area contributed by atoms with Crippen LogP contribution in [0.25, 0.3) is 10.8 Å². The minimum absolute atomic E-state index is 0.166. The summed E-state index contributed by atoms with van der Waals surface area (Å²) >= 11 is 6.89. The third kappa shape index (κ3) is 3.01. The SMILES string of the molecule is ClC(c1cccc2ccccc12)C1CCCCCCC1. The van der Waals surface area contributed by atoms with E-state index in [0.29, 0.717) is 5.92 Å². The van der Waals surface area contributed by atoms with Crippen molar-refractivity contribution in [3.63, 3.8) is 0 Å². The zero-order valence-electron chi connectivity index (χ0n) is 12.0. The van der Waals surface area contributed by atoms with Gasteiger partial charge in [0.1, 0.15) is 0 Å². The van der Waals surface area contributed by atoms with Crippen molar-refractivity contribution in [3.05, 3.63) is 48.0 Å². The predicted molar refractivity (Wildman–Crippen MR) is 88.4 cm³/mol. The normalized spacial score (nSPS) is 19.4. The molecular weight excluding hydrogens is 264 g/mol. The molecule has 2 aromatic rings. The largest absolute Gasteiger partial charge is 0.117 e. The van der Waals surface area contributed by atoms with Gasteiger partial charge in [0.15, 0.2) is 0 Å². The van der Waals surface area contributed by atoms with Gasteiger partial charge >= 0.3 is 0 Å². The lowest BCUT2D eigenvalue weighted by molar-refractivity contribution is 0.369. The van der Waals surface area contributed by atoms with E-state index in [1.807, 2.05) is 0 Å². The molecule has 0 saturated heterocycles. The van der Waals surface area contributed by atoms with Crippen LogP contribution in [0.1, 0.15) is 55.9 Å². The molecule has 0 radical (unpaired) electrons. The van der Waals surface area contributed by atoms with Crippen molar-refractivity contribution in [3.8, 4) is 0 Å². The van der Waals surface area contributed by atoms with E-state index in [-0.39, 0.29) is 5.38 Å². The Morgan fingerprint density at radius 1 is 0.800 bits per heavy atom. The van der Waals surface area contributed by atoms with Gasteiger partial charge in [0.25, 0.3) is 0 Å². The Kier molecular flexibility index (Phi) is 4.62. The van der Waals surface area contributed by atoms with Crippen molar-refractivity contribution < 1.29 is 0 Å². The quantitative estimate of drug-likeness (QED) is 0.554. The van der Waals surface area contributed by atoms with Crippen LogP contribution in [0.4, 0.5) is 0 Å². The predicted octanol–water partition coefficient (Wildman–Crippen LogP) is 6.48. The van der Waals surface area contributed by atoms with Crippen LogP contribution < -0.4 is 0 Å². The van der Waals surface area contributed by atoms with E-state index >= 15 is 0 Å². The van der Waals surface area contributed by atoms with E-state index in [2.05, 4.69) is 42.5 Å². The summed E-state index contributed by atoms with van der Waals surface area (Å²) in [5.41, 5.74) is 1.33. The Morgan fingerprint density at radius 3 is 2.25 bits per heavy atom. The van der Waals surface area contributed by atoms with Gasteiger partial charge in [-0.2, -0.15) is 0 Å². The van der Waals surface area contributed by atoms with Gasteiger partial charge in [0, 0.05) is 0 Å². The Balaban J connectivity index is 1.89. The second kappa shape index (κ2) is 6.63. The number of hydrogen-bond acceptors (Lipinski definition) is 0. The van der Waals surface area contributed by atoms with Crippen LogP contribution in [-0.2, 0) is 0 Å². The van der Waals surface area contributed by atoms with Gasteiger partial charge in [-0.25, -0.2) is 0 Å². The average molecular weight is 287 g/mol. The molecule has 2 aromatic carbocycles. The van der Waals surface area contributed by atoms with E-state index in [9.17, 15) is 0 Å². The third-order valence-corrected chi connectivity index (χ3v) is 5.28. The van der Waals surface area contributed by atoms with Gasteiger partial charge in [-0.3, -0.25) is 0 Å². The second-order valence-corrected chi connectivity index (χ2v) is 6.55. The van der Waals surface area contributed by atoms with E-state index in [0.717, 1.165) is 0 Å². The van der Waals surface area contributed by atoms with E-state index in [4.69, 9.17) is 11.6 Å². The molecule has 3 rings (SSSR count). The fourth-order valence-corrected chi connectivity index (χ4v) is 3.97. The first-order chi connectivity index (χ1) is 9.86. The molecule has 0 amide bonds. The maximum absolute atomic E-state index is 6.89. The number of benzene rings is 2. The summed E-state index contributed by atoms with van der Waals surface area (Å²) in [7, 11) is 0. The minimum atomic E-state index is 0.166. The van der Waals surface area contributed by atoms with Crippen LogP contribution in [0.5, 0.6) is 0 Å². The van der Waals surface area contributed by atoms with Crippen LogP contribution in [0, 0.1) is 5.92 Å². The van der Waals surface area contributed by atoms with E-state index in [1.165, 1.54) is 61.3 Å². The molecule has 0 bridgehead atoms. The first kappa shape index (κ1) is 13.9. The molecule has 1 aliphatic carbocycles. The number of hydrogen-bond donors (Lipinski definition) is 0. The molecular formula is C19H23Cl. The first-order valence-corrected chi connectivity index (χ1v) is 8.41. The highest BCUT2D eigenvalue weighted by Gasteiger charge is 2.22. The highest BCUT2D eigenvalue weighted by atomic mass is 35.5. The molecule has 1 aliphatic rings. The third-order valence-electron chi connectivity index (χ3n) is 4.68. The van der Waals surface area contributed by atoms with Crippen molar-refractivity contribution in [2.45, 2.75) is 50.3 Å². The fourth-order valence-electron chi connectivity index (χ4n) is 3.53. The van der Waals surface area contributed by atoms with Crippen LogP contribution >= 0.6 is 11.6 Å². The van der Waals surface area contributed by atoms with Crippen molar-refractivity contribution in [2.24, 2.45) is 5.92 Å². The maximum atomic E-state index is 6.89. The van der Waals surface area contributed by atoms with Gasteiger partial charge in [0.2, 0.25) is 0 Å². The zero-order chi connectivity index (χ0) is 13.8. The molecule has 0 N–H and O–H groups in total. The summed E-state index contributed by atoms with van der Waals surface area (Å²) in [6, 6.07) is 15.2. The van der Waals surface area contributed by atoms with Gasteiger partial charge in [-0.15, -0.1) is 11.6 Å². The summed E-state index contributed by atoms with van der Waals surface area (Å²) in [6.45, 7) is 0. The van der Waals surface area contributed by atoms with Crippen molar-refractivity contribution in [1.29, 1.82) is 0 Å². The number of rotatable bonds is 2. The topological polar surface area (TPSA) is 0 Å². The van der Waals surface area contributed by atoms with Gasteiger partial charge < -0.3 is 0 Å². The highest BCUT2D eigenvalue weighted by molar-refractivity contribution is 6.22. The Morgan fingerprint density at radius 2 is 1.45 bits per heavy atom. The summed E-state index contributed by atoms with van der Waals surface area (Å²) in [5, 5.41) is 2.80. The summed E-state index contributed by atoms with van der Waals surface area (Å²) in [5.74, 6) is 0.641. The maximum Gasteiger partial charge on any atom is 0.0619 e. The Labute approximate surface area is 127 Å². The van der Waals surface area contributed by atoms with Crippen LogP contribution in [0.15, 0.2) is 42.5 Å². The first-order valence-electron chi connectivity index (χ1n) is 7.98. The van der Waals surface area contributed by atoms with Crippen molar-refractivity contribution >= 4 is 22.4 Å². The lowest BCUT2D eigenvalue weighted by Gasteiger charge is -2.25. The van der Waals surface area contributed by atoms with Gasteiger partial charge in [-0.1, -0.05) is 74.6 Å². The molecule has 1 saturated carbocycles. The smallest absolute Gasteiger partial charge is 0.0619 e. The Bertz CT molecular complexity index is 547. The number of fused-ring (bicyclic) bond motifs is 1. The fraction of sp³-hybridized carbons (Fsp3) is 0.474. The van der Waals surface area contributed by atoms with Gasteiger partial charge in [0.05, 0.1) is 5.38 Å². The minimum Gasteiger partial charge on any atom is -0.117 e. The number of halogens is 1. The molecule has 20 heavy (non-hydrogen) atoms. The van der Waals surface area contributed by atoms with Crippen LogP contribution in [0.3, 0.4) is 0 Å². The molecule has 106 valence electrons. The molecule has 0 spiro atoms. The second-order valence-electron chi connectivity index (χ2n) is 6.08. The van der Waals surface area contributed by atoms with Crippen LogP contribution in [-0.4, -0.2) is 0 Å². The molecule has 0 aromatic heterocycles. The summed E-state index contributed by atoms with van der Waals surface area (Å²) in [6.07, 6.45) is 9.45. The zero-order valence-corrected chi connectivity index (χ0v) is 12.8. The molecule has 1 unspecified atom stereocenters. The molecule has 1 fully saturated rings. The molecule has 0 aliphatic heterocycles. The summed E-state index contributed by atoms with van der Waals surface area (Å²) in [4.78, 5) is 0. The molecule has 0 nitrogen and oxygen atoms in total. The lowest BCUT2D eigenvalue weighted by atomic mass is 9.85. The highest BCUT2D eigenvalue weighted by Crippen LogP contribution is 2.39. The Hall–Kier alpha value is -1.01. The number of alkyl halides is 1. The van der Waals surface area contributed by atoms with Crippen LogP contribution in [0.2, 0.25) is 0 Å². The molecule has 0 heterocycles. The van der Waals surface area contributed by atoms with Crippen molar-refractivity contribution in [1.82, 2.24) is 0 Å². The van der Waals surface area contributed by atoms with E-state index in [1.54, 1.807) is 0 Å². The standard InChI is InChI=1S/C19H23Cl/c20-19(16-10-4-2-1-3-5-11-16)18-14-8-12-15-9-6-7-13-17(15)18/h6-9,12-14,16,19H,1-5,10-11H2.